The standard InChI is InChI=1S/C10H19NO3S/c1-3-10(12)11-7-5-9(6-8-11)15(13,14)4-2/h9H,3-8H2,1-2H3. The molecule has 0 N–H and O–H groups in total. The van der Waals surface area contributed by atoms with E-state index in [9.17, 15) is 13.2 Å². The monoisotopic (exact) mass is 233 g/mol. The van der Waals surface area contributed by atoms with Crippen LogP contribution in [0.5, 0.6) is 0 Å². The van der Waals surface area contributed by atoms with E-state index < -0.39 is 9.84 Å². The summed E-state index contributed by atoms with van der Waals surface area (Å²) in [5.41, 5.74) is 0. The molecule has 88 valence electrons. The van der Waals surface area contributed by atoms with Crippen molar-refractivity contribution in [3.05, 3.63) is 0 Å². The largest absolute Gasteiger partial charge is 0.343 e. The summed E-state index contributed by atoms with van der Waals surface area (Å²) in [5, 5.41) is -0.233. The predicted octanol–water partition coefficient (Wildman–Crippen LogP) is 0.822. The average molecular weight is 233 g/mol. The van der Waals surface area contributed by atoms with Crippen molar-refractivity contribution in [3.63, 3.8) is 0 Å². The van der Waals surface area contributed by atoms with Crippen molar-refractivity contribution >= 4 is 15.7 Å². The number of hydrogen-bond acceptors (Lipinski definition) is 3. The first kappa shape index (κ1) is 12.5. The fourth-order valence-corrected chi connectivity index (χ4v) is 3.32. The Morgan fingerprint density at radius 1 is 1.27 bits per heavy atom. The molecule has 0 bridgehead atoms. The van der Waals surface area contributed by atoms with Crippen LogP contribution in [0.1, 0.15) is 33.1 Å². The van der Waals surface area contributed by atoms with E-state index in [2.05, 4.69) is 0 Å². The lowest BCUT2D eigenvalue weighted by Crippen LogP contribution is -2.42. The van der Waals surface area contributed by atoms with Gasteiger partial charge in [-0.2, -0.15) is 0 Å². The minimum Gasteiger partial charge on any atom is -0.343 e. The third kappa shape index (κ3) is 2.93. The second-order valence-electron chi connectivity index (χ2n) is 3.89. The van der Waals surface area contributed by atoms with E-state index in [0.29, 0.717) is 32.4 Å². The molecule has 1 rings (SSSR count). The normalized spacial score (nSPS) is 19.2. The fourth-order valence-electron chi connectivity index (χ4n) is 1.92. The van der Waals surface area contributed by atoms with Gasteiger partial charge in [-0.15, -0.1) is 0 Å². The zero-order valence-electron chi connectivity index (χ0n) is 9.40. The third-order valence-electron chi connectivity index (χ3n) is 3.01. The number of carbonyl (C=O) groups excluding carboxylic acids is 1. The minimum atomic E-state index is -2.92. The molecule has 1 aliphatic heterocycles. The van der Waals surface area contributed by atoms with Gasteiger partial charge in [-0.05, 0) is 12.8 Å². The molecule has 1 heterocycles. The zero-order chi connectivity index (χ0) is 11.5. The minimum absolute atomic E-state index is 0.127. The first-order valence-electron chi connectivity index (χ1n) is 5.50. The molecule has 4 nitrogen and oxygen atoms in total. The molecule has 0 aromatic heterocycles. The summed E-state index contributed by atoms with van der Waals surface area (Å²) in [6.45, 7) is 4.70. The number of piperidine rings is 1. The van der Waals surface area contributed by atoms with Crippen molar-refractivity contribution in [1.82, 2.24) is 4.90 Å². The van der Waals surface area contributed by atoms with E-state index in [1.165, 1.54) is 0 Å². The Kier molecular flexibility index (Phi) is 4.13. The molecule has 0 saturated carbocycles. The molecule has 1 fully saturated rings. The van der Waals surface area contributed by atoms with E-state index in [-0.39, 0.29) is 16.9 Å². The Morgan fingerprint density at radius 3 is 2.20 bits per heavy atom. The summed E-state index contributed by atoms with van der Waals surface area (Å²) in [6, 6.07) is 0. The predicted molar refractivity (Wildman–Crippen MR) is 59.4 cm³/mol. The van der Waals surface area contributed by atoms with Crippen LogP contribution in [0.15, 0.2) is 0 Å². The van der Waals surface area contributed by atoms with Crippen molar-refractivity contribution in [2.45, 2.75) is 38.4 Å². The maximum absolute atomic E-state index is 11.6. The molecule has 1 amide bonds. The molecule has 0 aromatic carbocycles. The zero-order valence-corrected chi connectivity index (χ0v) is 10.2. The first-order chi connectivity index (χ1) is 7.01. The van der Waals surface area contributed by atoms with Crippen molar-refractivity contribution in [1.29, 1.82) is 0 Å². The third-order valence-corrected chi connectivity index (χ3v) is 5.30. The van der Waals surface area contributed by atoms with Crippen LogP contribution in [0.2, 0.25) is 0 Å². The van der Waals surface area contributed by atoms with Crippen molar-refractivity contribution < 1.29 is 13.2 Å². The van der Waals surface area contributed by atoms with E-state index in [1.54, 1.807) is 11.8 Å². The van der Waals surface area contributed by atoms with Gasteiger partial charge in [-0.25, -0.2) is 8.42 Å². The molecular formula is C10H19NO3S. The Hall–Kier alpha value is -0.580. The molecule has 0 aromatic rings. The highest BCUT2D eigenvalue weighted by Gasteiger charge is 2.29. The molecule has 0 aliphatic carbocycles. The van der Waals surface area contributed by atoms with Gasteiger partial charge >= 0.3 is 0 Å². The highest BCUT2D eigenvalue weighted by molar-refractivity contribution is 7.92. The molecule has 0 radical (unpaired) electrons. The van der Waals surface area contributed by atoms with Crippen molar-refractivity contribution in [2.24, 2.45) is 0 Å². The van der Waals surface area contributed by atoms with Gasteiger partial charge in [0.05, 0.1) is 5.25 Å². The van der Waals surface area contributed by atoms with Gasteiger partial charge in [0.2, 0.25) is 5.91 Å². The van der Waals surface area contributed by atoms with Gasteiger partial charge < -0.3 is 4.90 Å². The van der Waals surface area contributed by atoms with E-state index in [1.807, 2.05) is 6.92 Å². The summed E-state index contributed by atoms with van der Waals surface area (Å²) in [6.07, 6.45) is 1.70. The summed E-state index contributed by atoms with van der Waals surface area (Å²) >= 11 is 0. The second kappa shape index (κ2) is 4.96. The average Bonchev–Trinajstić information content (AvgIpc) is 2.28. The fraction of sp³-hybridized carbons (Fsp3) is 0.900. The van der Waals surface area contributed by atoms with Gasteiger partial charge in [0, 0.05) is 25.3 Å². The van der Waals surface area contributed by atoms with Crippen LogP contribution in [0.4, 0.5) is 0 Å². The van der Waals surface area contributed by atoms with Crippen LogP contribution >= 0.6 is 0 Å². The van der Waals surface area contributed by atoms with Crippen LogP contribution in [0.3, 0.4) is 0 Å². The molecule has 0 atom stereocenters. The lowest BCUT2D eigenvalue weighted by atomic mass is 10.1. The maximum Gasteiger partial charge on any atom is 0.222 e. The summed E-state index contributed by atoms with van der Waals surface area (Å²) in [5.74, 6) is 0.335. The number of hydrogen-bond donors (Lipinski definition) is 0. The lowest BCUT2D eigenvalue weighted by molar-refractivity contribution is -0.131. The Labute approximate surface area is 91.6 Å². The van der Waals surface area contributed by atoms with Crippen molar-refractivity contribution in [3.8, 4) is 0 Å². The van der Waals surface area contributed by atoms with Crippen LogP contribution in [0, 0.1) is 0 Å². The topological polar surface area (TPSA) is 54.5 Å². The second-order valence-corrected chi connectivity index (χ2v) is 6.45. The van der Waals surface area contributed by atoms with E-state index in [4.69, 9.17) is 0 Å². The van der Waals surface area contributed by atoms with Gasteiger partial charge in [0.1, 0.15) is 0 Å². The highest BCUT2D eigenvalue weighted by Crippen LogP contribution is 2.18. The number of nitrogens with zero attached hydrogens (tertiary/aromatic N) is 1. The SMILES string of the molecule is CCC(=O)N1CCC(S(=O)(=O)CC)CC1. The number of carbonyl (C=O) groups is 1. The molecule has 1 aliphatic rings. The van der Waals surface area contributed by atoms with Gasteiger partial charge in [-0.3, -0.25) is 4.79 Å². The molecule has 1 saturated heterocycles. The van der Waals surface area contributed by atoms with Gasteiger partial charge in [0.15, 0.2) is 9.84 Å². The highest BCUT2D eigenvalue weighted by atomic mass is 32.2. The number of sulfone groups is 1. The number of likely N-dealkylation sites (tertiary alicyclic amines) is 1. The smallest absolute Gasteiger partial charge is 0.222 e. The Bertz CT molecular complexity index is 316. The molecule has 0 spiro atoms. The lowest BCUT2D eigenvalue weighted by Gasteiger charge is -2.31. The van der Waals surface area contributed by atoms with E-state index in [0.717, 1.165) is 0 Å². The van der Waals surface area contributed by atoms with Gasteiger partial charge in [-0.1, -0.05) is 13.8 Å². The Morgan fingerprint density at radius 2 is 1.80 bits per heavy atom. The summed E-state index contributed by atoms with van der Waals surface area (Å²) in [7, 11) is -2.92. The number of amides is 1. The summed E-state index contributed by atoms with van der Waals surface area (Å²) < 4.78 is 23.2. The number of rotatable bonds is 3. The van der Waals surface area contributed by atoms with Crippen LogP contribution in [-0.4, -0.2) is 43.3 Å². The maximum atomic E-state index is 11.6. The Balaban J connectivity index is 2.53. The van der Waals surface area contributed by atoms with Crippen molar-refractivity contribution in [2.75, 3.05) is 18.8 Å². The molecular weight excluding hydrogens is 214 g/mol. The molecule has 15 heavy (non-hydrogen) atoms. The summed E-state index contributed by atoms with van der Waals surface area (Å²) in [4.78, 5) is 13.1. The van der Waals surface area contributed by atoms with Crippen LogP contribution in [-0.2, 0) is 14.6 Å². The van der Waals surface area contributed by atoms with Gasteiger partial charge in [0.25, 0.3) is 0 Å². The first-order valence-corrected chi connectivity index (χ1v) is 7.22. The van der Waals surface area contributed by atoms with Crippen LogP contribution in [0.25, 0.3) is 0 Å². The quantitative estimate of drug-likeness (QED) is 0.725. The van der Waals surface area contributed by atoms with Crippen LogP contribution < -0.4 is 0 Å². The molecule has 0 unspecified atom stereocenters. The van der Waals surface area contributed by atoms with E-state index >= 15 is 0 Å². The molecule has 5 heteroatoms.